The molecule has 19 heavy (non-hydrogen) atoms. The molecule has 0 saturated heterocycles. The molecule has 0 radical (unpaired) electrons. The molecule has 4 nitrogen and oxygen atoms in total. The minimum atomic E-state index is -0.187. The number of hydrogen-bond acceptors (Lipinski definition) is 4. The molecular weight excluding hydrogens is 260 g/mol. The minimum Gasteiger partial charge on any atom is -0.431 e. The van der Waals surface area contributed by atoms with Gasteiger partial charge in [-0.25, -0.2) is 4.98 Å². The van der Waals surface area contributed by atoms with Crippen molar-refractivity contribution in [3.8, 4) is 0 Å². The van der Waals surface area contributed by atoms with E-state index in [0.717, 1.165) is 24.2 Å². The SMILES string of the molecule is CCN(CC)C(=O)C(C)Sc1nc2ccccc2o1. The van der Waals surface area contributed by atoms with E-state index in [4.69, 9.17) is 4.42 Å². The largest absolute Gasteiger partial charge is 0.431 e. The van der Waals surface area contributed by atoms with Crippen molar-refractivity contribution >= 4 is 28.8 Å². The fourth-order valence-electron chi connectivity index (χ4n) is 1.90. The van der Waals surface area contributed by atoms with Crippen molar-refractivity contribution < 1.29 is 9.21 Å². The Hall–Kier alpha value is -1.49. The number of rotatable bonds is 5. The molecule has 1 unspecified atom stereocenters. The number of aromatic nitrogens is 1. The van der Waals surface area contributed by atoms with E-state index in [9.17, 15) is 4.79 Å². The number of benzene rings is 1. The van der Waals surface area contributed by atoms with Crippen LogP contribution in [0.2, 0.25) is 0 Å². The number of carbonyl (C=O) groups excluding carboxylic acids is 1. The molecule has 102 valence electrons. The van der Waals surface area contributed by atoms with Crippen LogP contribution < -0.4 is 0 Å². The molecule has 0 N–H and O–H groups in total. The van der Waals surface area contributed by atoms with Crippen molar-refractivity contribution in [2.75, 3.05) is 13.1 Å². The molecule has 0 aliphatic rings. The van der Waals surface area contributed by atoms with Crippen LogP contribution in [-0.4, -0.2) is 34.1 Å². The summed E-state index contributed by atoms with van der Waals surface area (Å²) in [6.07, 6.45) is 0. The van der Waals surface area contributed by atoms with Gasteiger partial charge in [-0.1, -0.05) is 23.9 Å². The average Bonchev–Trinajstić information content (AvgIpc) is 2.82. The number of para-hydroxylation sites is 2. The monoisotopic (exact) mass is 278 g/mol. The maximum Gasteiger partial charge on any atom is 0.257 e. The van der Waals surface area contributed by atoms with Gasteiger partial charge in [0, 0.05) is 13.1 Å². The van der Waals surface area contributed by atoms with Crippen molar-refractivity contribution in [1.29, 1.82) is 0 Å². The fraction of sp³-hybridized carbons (Fsp3) is 0.429. The van der Waals surface area contributed by atoms with Crippen LogP contribution in [0.25, 0.3) is 11.1 Å². The average molecular weight is 278 g/mol. The molecule has 1 heterocycles. The Kier molecular flexibility index (Phi) is 4.47. The molecule has 1 atom stereocenters. The van der Waals surface area contributed by atoms with Gasteiger partial charge in [0.15, 0.2) is 5.58 Å². The summed E-state index contributed by atoms with van der Waals surface area (Å²) < 4.78 is 5.62. The zero-order chi connectivity index (χ0) is 13.8. The van der Waals surface area contributed by atoms with Crippen LogP contribution in [0.4, 0.5) is 0 Å². The van der Waals surface area contributed by atoms with Gasteiger partial charge in [0.05, 0.1) is 5.25 Å². The first kappa shape index (κ1) is 13.9. The third-order valence-corrected chi connectivity index (χ3v) is 3.91. The number of carbonyl (C=O) groups is 1. The molecule has 0 saturated carbocycles. The van der Waals surface area contributed by atoms with Gasteiger partial charge >= 0.3 is 0 Å². The van der Waals surface area contributed by atoms with Gasteiger partial charge in [-0.15, -0.1) is 0 Å². The molecule has 0 fully saturated rings. The summed E-state index contributed by atoms with van der Waals surface area (Å²) in [5, 5.41) is 0.363. The van der Waals surface area contributed by atoms with E-state index in [-0.39, 0.29) is 11.2 Å². The Bertz CT molecular complexity index is 530. The zero-order valence-corrected chi connectivity index (χ0v) is 12.2. The third kappa shape index (κ3) is 3.10. The summed E-state index contributed by atoms with van der Waals surface area (Å²) in [5.41, 5.74) is 1.58. The highest BCUT2D eigenvalue weighted by atomic mass is 32.2. The van der Waals surface area contributed by atoms with Gasteiger partial charge in [0.2, 0.25) is 5.91 Å². The highest BCUT2D eigenvalue weighted by Crippen LogP contribution is 2.27. The lowest BCUT2D eigenvalue weighted by Gasteiger charge is -2.21. The van der Waals surface area contributed by atoms with Crippen LogP contribution in [0.5, 0.6) is 0 Å². The van der Waals surface area contributed by atoms with Crippen LogP contribution in [0.15, 0.2) is 33.9 Å². The van der Waals surface area contributed by atoms with E-state index < -0.39 is 0 Å². The lowest BCUT2D eigenvalue weighted by atomic mass is 10.3. The highest BCUT2D eigenvalue weighted by Gasteiger charge is 2.21. The van der Waals surface area contributed by atoms with Crippen molar-refractivity contribution in [3.05, 3.63) is 24.3 Å². The van der Waals surface area contributed by atoms with Gasteiger partial charge in [-0.05, 0) is 32.9 Å². The Morgan fingerprint density at radius 3 is 2.68 bits per heavy atom. The van der Waals surface area contributed by atoms with Gasteiger partial charge in [-0.2, -0.15) is 0 Å². The number of fused-ring (bicyclic) bond motifs is 1. The second-order valence-corrected chi connectivity index (χ2v) is 5.51. The van der Waals surface area contributed by atoms with Crippen molar-refractivity contribution in [3.63, 3.8) is 0 Å². The number of hydrogen-bond donors (Lipinski definition) is 0. The first-order valence-corrected chi connectivity index (χ1v) is 7.34. The lowest BCUT2D eigenvalue weighted by molar-refractivity contribution is -0.129. The second kappa shape index (κ2) is 6.10. The maximum atomic E-state index is 12.2. The van der Waals surface area contributed by atoms with E-state index in [1.807, 2.05) is 49.9 Å². The topological polar surface area (TPSA) is 46.3 Å². The van der Waals surface area contributed by atoms with Crippen LogP contribution in [0.1, 0.15) is 20.8 Å². The Labute approximate surface area is 117 Å². The number of amides is 1. The van der Waals surface area contributed by atoms with Gasteiger partial charge < -0.3 is 9.32 Å². The first-order valence-electron chi connectivity index (χ1n) is 6.46. The number of thioether (sulfide) groups is 1. The van der Waals surface area contributed by atoms with E-state index in [0.29, 0.717) is 5.22 Å². The Morgan fingerprint density at radius 2 is 2.05 bits per heavy atom. The predicted molar refractivity (Wildman–Crippen MR) is 77.3 cm³/mol. The summed E-state index contributed by atoms with van der Waals surface area (Å²) in [6.45, 7) is 7.32. The van der Waals surface area contributed by atoms with E-state index in [1.54, 1.807) is 0 Å². The first-order chi connectivity index (χ1) is 9.15. The summed E-state index contributed by atoms with van der Waals surface area (Å²) in [4.78, 5) is 18.4. The fourth-order valence-corrected chi connectivity index (χ4v) is 2.74. The molecule has 2 aromatic rings. The minimum absolute atomic E-state index is 0.122. The summed E-state index contributed by atoms with van der Waals surface area (Å²) in [5.74, 6) is 0.122. The van der Waals surface area contributed by atoms with Gasteiger partial charge in [-0.3, -0.25) is 4.79 Å². The number of nitrogens with zero attached hydrogens (tertiary/aromatic N) is 2. The normalized spacial score (nSPS) is 12.6. The Morgan fingerprint density at radius 1 is 1.37 bits per heavy atom. The standard InChI is InChI=1S/C14H18N2O2S/c1-4-16(5-2)13(17)10(3)19-14-15-11-8-6-7-9-12(11)18-14/h6-10H,4-5H2,1-3H3. The molecule has 0 aliphatic heterocycles. The summed E-state index contributed by atoms with van der Waals surface area (Å²) in [6, 6.07) is 7.61. The predicted octanol–water partition coefficient (Wildman–Crippen LogP) is 3.18. The van der Waals surface area contributed by atoms with E-state index in [1.165, 1.54) is 11.8 Å². The third-order valence-electron chi connectivity index (χ3n) is 2.97. The lowest BCUT2D eigenvalue weighted by Crippen LogP contribution is -2.36. The van der Waals surface area contributed by atoms with Crippen LogP contribution in [-0.2, 0) is 4.79 Å². The van der Waals surface area contributed by atoms with E-state index >= 15 is 0 Å². The molecule has 1 aromatic heterocycles. The zero-order valence-electron chi connectivity index (χ0n) is 11.4. The molecule has 2 rings (SSSR count). The van der Waals surface area contributed by atoms with Gasteiger partial charge in [0.1, 0.15) is 5.52 Å². The molecule has 1 amide bonds. The highest BCUT2D eigenvalue weighted by molar-refractivity contribution is 8.00. The van der Waals surface area contributed by atoms with Crippen molar-refractivity contribution in [2.45, 2.75) is 31.2 Å². The molecule has 0 bridgehead atoms. The van der Waals surface area contributed by atoms with Crippen molar-refractivity contribution in [1.82, 2.24) is 9.88 Å². The second-order valence-electron chi connectivity index (χ2n) is 4.22. The molecular formula is C14H18N2O2S. The molecule has 0 spiro atoms. The summed E-state index contributed by atoms with van der Waals surface area (Å²) in [7, 11) is 0. The Balaban J connectivity index is 2.09. The molecule has 0 aliphatic carbocycles. The molecule has 5 heteroatoms. The van der Waals surface area contributed by atoms with Crippen LogP contribution >= 0.6 is 11.8 Å². The number of oxazole rings is 1. The molecule has 1 aromatic carbocycles. The van der Waals surface area contributed by atoms with Gasteiger partial charge in [0.25, 0.3) is 5.22 Å². The van der Waals surface area contributed by atoms with Crippen LogP contribution in [0.3, 0.4) is 0 Å². The smallest absolute Gasteiger partial charge is 0.257 e. The maximum absolute atomic E-state index is 12.2. The van der Waals surface area contributed by atoms with Crippen molar-refractivity contribution in [2.24, 2.45) is 0 Å². The van der Waals surface area contributed by atoms with Crippen LogP contribution in [0, 0.1) is 0 Å². The van der Waals surface area contributed by atoms with E-state index in [2.05, 4.69) is 4.98 Å². The quantitative estimate of drug-likeness (QED) is 0.788. The summed E-state index contributed by atoms with van der Waals surface area (Å²) >= 11 is 1.37.